The normalized spacial score (nSPS) is 29.3. The molecule has 1 aromatic carbocycles. The number of fused-ring (bicyclic) bond motifs is 2. The van der Waals surface area contributed by atoms with Crippen LogP contribution < -0.4 is 0 Å². The molecule has 5 rings (SSSR count). The predicted octanol–water partition coefficient (Wildman–Crippen LogP) is 3.03. The van der Waals surface area contributed by atoms with E-state index in [1.807, 2.05) is 37.6 Å². The van der Waals surface area contributed by atoms with Gasteiger partial charge in [-0.05, 0) is 44.5 Å². The first-order chi connectivity index (χ1) is 13.8. The predicted molar refractivity (Wildman–Crippen MR) is 101 cm³/mol. The number of hydrogen-bond acceptors (Lipinski definition) is 6. The summed E-state index contributed by atoms with van der Waals surface area (Å²) in [7, 11) is 0. The van der Waals surface area contributed by atoms with Gasteiger partial charge in [0.25, 0.3) is 0 Å². The zero-order chi connectivity index (χ0) is 20.3. The second-order valence-corrected chi connectivity index (χ2v) is 7.97. The van der Waals surface area contributed by atoms with E-state index in [-0.39, 0.29) is 5.82 Å². The molecule has 0 unspecified atom stereocenters. The van der Waals surface area contributed by atoms with Crippen molar-refractivity contribution in [3.05, 3.63) is 59.9 Å². The highest BCUT2D eigenvalue weighted by Crippen LogP contribution is 2.47. The summed E-state index contributed by atoms with van der Waals surface area (Å²) < 4.78 is 33.7. The summed E-state index contributed by atoms with van der Waals surface area (Å²) in [5.74, 6) is -1.18. The summed E-state index contributed by atoms with van der Waals surface area (Å²) in [4.78, 5) is 8.64. The molecule has 4 heterocycles. The van der Waals surface area contributed by atoms with Gasteiger partial charge in [-0.15, -0.1) is 0 Å². The maximum absolute atomic E-state index is 13.3. The number of aryl methyl sites for hydroxylation is 1. The van der Waals surface area contributed by atoms with Crippen LogP contribution in [0.1, 0.15) is 37.4 Å². The average molecular weight is 399 g/mol. The van der Waals surface area contributed by atoms with Crippen molar-refractivity contribution in [1.82, 2.24) is 14.5 Å². The average Bonchev–Trinajstić information content (AvgIpc) is 3.33. The van der Waals surface area contributed by atoms with E-state index >= 15 is 0 Å². The SMILES string of the molecule is Cc1ncnc2c1ccn2[C@@H]1O[C@@H]([C@@H](O)c2ccc(F)cc2)[C@H]2OC(C)(C)O[C@H]21. The Kier molecular flexibility index (Phi) is 4.22. The van der Waals surface area contributed by atoms with E-state index in [4.69, 9.17) is 14.2 Å². The van der Waals surface area contributed by atoms with Crippen LogP contribution in [0.4, 0.5) is 4.39 Å². The quantitative estimate of drug-likeness (QED) is 0.729. The van der Waals surface area contributed by atoms with Crippen LogP contribution in [0.15, 0.2) is 42.9 Å². The number of rotatable bonds is 3. The highest BCUT2D eigenvalue weighted by Gasteiger charge is 2.58. The number of aromatic nitrogens is 3. The van der Waals surface area contributed by atoms with Crippen molar-refractivity contribution in [2.75, 3.05) is 0 Å². The first-order valence-corrected chi connectivity index (χ1v) is 9.57. The minimum atomic E-state index is -0.996. The number of benzene rings is 1. The van der Waals surface area contributed by atoms with Crippen LogP contribution in [-0.4, -0.2) is 43.7 Å². The molecule has 7 nitrogen and oxygen atoms in total. The number of aliphatic hydroxyl groups is 1. The highest BCUT2D eigenvalue weighted by atomic mass is 19.1. The van der Waals surface area contributed by atoms with Gasteiger partial charge in [-0.1, -0.05) is 12.1 Å². The third kappa shape index (κ3) is 3.03. The van der Waals surface area contributed by atoms with Gasteiger partial charge in [0.15, 0.2) is 12.0 Å². The maximum atomic E-state index is 13.3. The van der Waals surface area contributed by atoms with E-state index in [2.05, 4.69) is 9.97 Å². The third-order valence-corrected chi connectivity index (χ3v) is 5.57. The molecule has 29 heavy (non-hydrogen) atoms. The summed E-state index contributed by atoms with van der Waals surface area (Å²) in [5.41, 5.74) is 2.15. The standard InChI is InChI=1S/C21H22FN3O4/c1-11-14-8-9-25(19(14)24-10-23-11)20-18-17(28-21(2,3)29-18)16(27-20)15(26)12-4-6-13(22)7-5-12/h4-10,15-18,20,26H,1-3H3/t15-,16-,17+,18+,20+/m0/s1. The van der Waals surface area contributed by atoms with E-state index in [9.17, 15) is 9.50 Å². The molecule has 2 saturated heterocycles. The maximum Gasteiger partial charge on any atom is 0.164 e. The first-order valence-electron chi connectivity index (χ1n) is 9.57. The summed E-state index contributed by atoms with van der Waals surface area (Å²) in [5, 5.41) is 11.9. The molecule has 2 aliphatic heterocycles. The van der Waals surface area contributed by atoms with Gasteiger partial charge in [-0.2, -0.15) is 0 Å². The molecule has 2 fully saturated rings. The number of ether oxygens (including phenoxy) is 3. The van der Waals surface area contributed by atoms with Gasteiger partial charge in [0.05, 0.1) is 5.69 Å². The van der Waals surface area contributed by atoms with Crippen LogP contribution in [0.25, 0.3) is 11.0 Å². The van der Waals surface area contributed by atoms with E-state index in [0.717, 1.165) is 16.7 Å². The lowest BCUT2D eigenvalue weighted by atomic mass is 9.99. The Balaban J connectivity index is 1.53. The number of aliphatic hydroxyl groups excluding tert-OH is 1. The molecule has 0 aliphatic carbocycles. The van der Waals surface area contributed by atoms with E-state index in [0.29, 0.717) is 5.56 Å². The van der Waals surface area contributed by atoms with Gasteiger partial charge in [0.2, 0.25) is 0 Å². The van der Waals surface area contributed by atoms with Crippen molar-refractivity contribution in [1.29, 1.82) is 0 Å². The van der Waals surface area contributed by atoms with Crippen LogP contribution in [0.3, 0.4) is 0 Å². The molecule has 1 N–H and O–H groups in total. The second kappa shape index (κ2) is 6.56. The minimum absolute atomic E-state index is 0.362. The van der Waals surface area contributed by atoms with Crippen molar-refractivity contribution in [3.8, 4) is 0 Å². The van der Waals surface area contributed by atoms with Gasteiger partial charge in [-0.25, -0.2) is 14.4 Å². The molecular weight excluding hydrogens is 377 g/mol. The molecule has 5 atom stereocenters. The number of hydrogen-bond donors (Lipinski definition) is 1. The van der Waals surface area contributed by atoms with Crippen molar-refractivity contribution in [2.24, 2.45) is 0 Å². The number of halogens is 1. The molecule has 0 amide bonds. The van der Waals surface area contributed by atoms with Crippen molar-refractivity contribution < 1.29 is 23.7 Å². The molecule has 3 aromatic rings. The Bertz CT molecular complexity index is 1050. The monoisotopic (exact) mass is 399 g/mol. The molecule has 2 aliphatic rings. The summed E-state index contributed by atoms with van der Waals surface area (Å²) in [6.07, 6.45) is 0.262. The fraction of sp³-hybridized carbons (Fsp3) is 0.429. The van der Waals surface area contributed by atoms with Gasteiger partial charge in [0, 0.05) is 11.6 Å². The lowest BCUT2D eigenvalue weighted by Gasteiger charge is -2.27. The summed E-state index contributed by atoms with van der Waals surface area (Å²) in [6.45, 7) is 5.60. The van der Waals surface area contributed by atoms with Crippen molar-refractivity contribution >= 4 is 11.0 Å². The lowest BCUT2D eigenvalue weighted by Crippen LogP contribution is -2.34. The summed E-state index contributed by atoms with van der Waals surface area (Å²) in [6, 6.07) is 7.67. The molecule has 0 radical (unpaired) electrons. The van der Waals surface area contributed by atoms with Crippen LogP contribution in [-0.2, 0) is 14.2 Å². The Morgan fingerprint density at radius 3 is 2.59 bits per heavy atom. The van der Waals surface area contributed by atoms with E-state index in [1.165, 1.54) is 18.5 Å². The van der Waals surface area contributed by atoms with Gasteiger partial charge in [0.1, 0.15) is 42.2 Å². The van der Waals surface area contributed by atoms with Crippen LogP contribution in [0.2, 0.25) is 0 Å². The molecule has 0 spiro atoms. The molecular formula is C21H22FN3O4. The molecule has 8 heteroatoms. The van der Waals surface area contributed by atoms with Crippen LogP contribution in [0.5, 0.6) is 0 Å². The Labute approximate surface area is 167 Å². The Hall–Kier alpha value is -2.39. The molecule has 0 bridgehead atoms. The summed E-state index contributed by atoms with van der Waals surface area (Å²) >= 11 is 0. The van der Waals surface area contributed by atoms with Crippen LogP contribution in [0, 0.1) is 12.7 Å². The molecule has 152 valence electrons. The fourth-order valence-corrected chi connectivity index (χ4v) is 4.24. The van der Waals surface area contributed by atoms with Gasteiger partial charge >= 0.3 is 0 Å². The Morgan fingerprint density at radius 2 is 1.83 bits per heavy atom. The smallest absolute Gasteiger partial charge is 0.164 e. The van der Waals surface area contributed by atoms with E-state index in [1.54, 1.807) is 12.1 Å². The molecule has 2 aromatic heterocycles. The zero-order valence-corrected chi connectivity index (χ0v) is 16.3. The Morgan fingerprint density at radius 1 is 1.10 bits per heavy atom. The van der Waals surface area contributed by atoms with Gasteiger partial charge in [-0.3, -0.25) is 0 Å². The lowest BCUT2D eigenvalue weighted by molar-refractivity contribution is -0.207. The minimum Gasteiger partial charge on any atom is -0.386 e. The van der Waals surface area contributed by atoms with Crippen molar-refractivity contribution in [3.63, 3.8) is 0 Å². The van der Waals surface area contributed by atoms with E-state index < -0.39 is 36.4 Å². The van der Waals surface area contributed by atoms with Crippen LogP contribution >= 0.6 is 0 Å². The number of nitrogens with zero attached hydrogens (tertiary/aromatic N) is 3. The topological polar surface area (TPSA) is 78.6 Å². The first kappa shape index (κ1) is 18.6. The fourth-order valence-electron chi connectivity index (χ4n) is 4.24. The second-order valence-electron chi connectivity index (χ2n) is 7.97. The zero-order valence-electron chi connectivity index (χ0n) is 16.3. The molecule has 0 saturated carbocycles. The van der Waals surface area contributed by atoms with Crippen molar-refractivity contribution in [2.45, 2.75) is 57.2 Å². The third-order valence-electron chi connectivity index (χ3n) is 5.57. The highest BCUT2D eigenvalue weighted by molar-refractivity contribution is 5.78. The largest absolute Gasteiger partial charge is 0.386 e. The van der Waals surface area contributed by atoms with Gasteiger partial charge < -0.3 is 23.9 Å².